The number of hydrogen-bond donors (Lipinski definition) is 1. The van der Waals surface area contributed by atoms with Crippen LogP contribution in [0.5, 0.6) is 0 Å². The smallest absolute Gasteiger partial charge is 0.338 e. The Morgan fingerprint density at radius 3 is 2.28 bits per heavy atom. The van der Waals surface area contributed by atoms with Gasteiger partial charge in [0, 0.05) is 20.1 Å². The fourth-order valence-electron chi connectivity index (χ4n) is 3.27. The first-order valence-corrected chi connectivity index (χ1v) is 7.71. The molecule has 4 amide bonds. The third-order valence-electron chi connectivity index (χ3n) is 4.73. The summed E-state index contributed by atoms with van der Waals surface area (Å²) in [6.07, 6.45) is -4.29. The van der Waals surface area contributed by atoms with Crippen LogP contribution in [0.15, 0.2) is 24.3 Å². The lowest BCUT2D eigenvalue weighted by Gasteiger charge is -2.37. The van der Waals surface area contributed by atoms with Gasteiger partial charge in [-0.3, -0.25) is 14.5 Å². The van der Waals surface area contributed by atoms with Crippen LogP contribution in [0, 0.1) is 0 Å². The van der Waals surface area contributed by atoms with E-state index in [0.29, 0.717) is 0 Å². The minimum absolute atomic E-state index is 0.0882. The molecular formula is C16H16F3N3O3. The number of hydrogen-bond acceptors (Lipinski definition) is 3. The Morgan fingerprint density at radius 2 is 1.76 bits per heavy atom. The quantitative estimate of drug-likeness (QED) is 0.782. The summed E-state index contributed by atoms with van der Waals surface area (Å²) in [4.78, 5) is 38.6. The van der Waals surface area contributed by atoms with Crippen LogP contribution in [0.4, 0.5) is 18.0 Å². The predicted molar refractivity (Wildman–Crippen MR) is 80.6 cm³/mol. The number of carbonyl (C=O) groups is 3. The summed E-state index contributed by atoms with van der Waals surface area (Å²) in [5, 5.41) is 2.62. The fourth-order valence-corrected chi connectivity index (χ4v) is 3.27. The van der Waals surface area contributed by atoms with Crippen molar-refractivity contribution >= 4 is 17.8 Å². The summed E-state index contributed by atoms with van der Waals surface area (Å²) in [5.41, 5.74) is -2.46. The van der Waals surface area contributed by atoms with Crippen molar-refractivity contribution in [1.29, 1.82) is 0 Å². The fraction of sp³-hybridized carbons (Fsp3) is 0.438. The molecule has 0 unspecified atom stereocenters. The Kier molecular flexibility index (Phi) is 3.97. The maximum Gasteiger partial charge on any atom is 0.417 e. The van der Waals surface area contributed by atoms with Crippen LogP contribution in [-0.2, 0) is 11.0 Å². The minimum Gasteiger partial charge on any atom is -0.338 e. The molecule has 2 heterocycles. The number of likely N-dealkylation sites (tertiary alicyclic amines) is 1. The van der Waals surface area contributed by atoms with E-state index < -0.39 is 34.8 Å². The molecule has 0 radical (unpaired) electrons. The number of amides is 4. The van der Waals surface area contributed by atoms with E-state index in [2.05, 4.69) is 5.32 Å². The van der Waals surface area contributed by atoms with Crippen molar-refractivity contribution in [2.45, 2.75) is 24.6 Å². The van der Waals surface area contributed by atoms with Gasteiger partial charge in [-0.25, -0.2) is 4.79 Å². The van der Waals surface area contributed by atoms with Crippen molar-refractivity contribution in [2.75, 3.05) is 20.1 Å². The highest BCUT2D eigenvalue weighted by molar-refractivity contribution is 6.07. The van der Waals surface area contributed by atoms with Crippen LogP contribution in [-0.4, -0.2) is 53.3 Å². The number of benzene rings is 1. The summed E-state index contributed by atoms with van der Waals surface area (Å²) in [7, 11) is 1.36. The van der Waals surface area contributed by atoms with Crippen molar-refractivity contribution in [2.24, 2.45) is 0 Å². The van der Waals surface area contributed by atoms with E-state index in [0.717, 1.165) is 17.0 Å². The number of alkyl halides is 3. The number of carbonyl (C=O) groups excluding carboxylic acids is 3. The molecule has 0 atom stereocenters. The minimum atomic E-state index is -4.62. The number of halogens is 3. The first-order valence-electron chi connectivity index (χ1n) is 7.71. The van der Waals surface area contributed by atoms with Crippen LogP contribution in [0.1, 0.15) is 28.8 Å². The Morgan fingerprint density at radius 1 is 1.16 bits per heavy atom. The normalized spacial score (nSPS) is 20.2. The summed E-state index contributed by atoms with van der Waals surface area (Å²) in [6.45, 7) is 0.176. The Balaban J connectivity index is 1.78. The molecule has 0 aliphatic carbocycles. The van der Waals surface area contributed by atoms with Gasteiger partial charge >= 0.3 is 12.2 Å². The van der Waals surface area contributed by atoms with Crippen molar-refractivity contribution in [3.63, 3.8) is 0 Å². The Bertz CT molecular complexity index is 740. The zero-order valence-electron chi connectivity index (χ0n) is 13.4. The van der Waals surface area contributed by atoms with Gasteiger partial charge in [-0.15, -0.1) is 0 Å². The molecule has 1 N–H and O–H groups in total. The second kappa shape index (κ2) is 5.75. The van der Waals surface area contributed by atoms with E-state index >= 15 is 0 Å². The van der Waals surface area contributed by atoms with Gasteiger partial charge in [0.2, 0.25) is 0 Å². The lowest BCUT2D eigenvalue weighted by atomic mass is 9.87. The average molecular weight is 355 g/mol. The van der Waals surface area contributed by atoms with Gasteiger partial charge in [-0.2, -0.15) is 13.2 Å². The highest BCUT2D eigenvalue weighted by Crippen LogP contribution is 2.34. The molecular weight excluding hydrogens is 339 g/mol. The molecule has 0 bridgehead atoms. The molecule has 134 valence electrons. The molecule has 2 fully saturated rings. The lowest BCUT2D eigenvalue weighted by Crippen LogP contribution is -2.55. The molecule has 25 heavy (non-hydrogen) atoms. The van der Waals surface area contributed by atoms with Gasteiger partial charge in [0.1, 0.15) is 5.54 Å². The van der Waals surface area contributed by atoms with E-state index in [4.69, 9.17) is 0 Å². The van der Waals surface area contributed by atoms with E-state index in [-0.39, 0.29) is 31.8 Å². The van der Waals surface area contributed by atoms with Crippen LogP contribution in [0.25, 0.3) is 0 Å². The Labute approximate surface area is 141 Å². The molecule has 6 nitrogen and oxygen atoms in total. The topological polar surface area (TPSA) is 69.7 Å². The molecule has 0 aromatic heterocycles. The van der Waals surface area contributed by atoms with Crippen LogP contribution < -0.4 is 5.32 Å². The summed E-state index contributed by atoms with van der Waals surface area (Å²) >= 11 is 0. The third-order valence-corrected chi connectivity index (χ3v) is 4.73. The maximum atomic E-state index is 13.1. The van der Waals surface area contributed by atoms with Crippen molar-refractivity contribution in [3.8, 4) is 0 Å². The van der Waals surface area contributed by atoms with Crippen molar-refractivity contribution < 1.29 is 27.6 Å². The van der Waals surface area contributed by atoms with Gasteiger partial charge < -0.3 is 10.2 Å². The first kappa shape index (κ1) is 17.2. The largest absolute Gasteiger partial charge is 0.417 e. The number of piperidine rings is 1. The molecule has 1 aromatic carbocycles. The van der Waals surface area contributed by atoms with Crippen LogP contribution in [0.2, 0.25) is 0 Å². The maximum absolute atomic E-state index is 13.1. The monoisotopic (exact) mass is 355 g/mol. The van der Waals surface area contributed by atoms with Crippen molar-refractivity contribution in [1.82, 2.24) is 15.1 Å². The number of urea groups is 1. The zero-order valence-corrected chi connectivity index (χ0v) is 13.4. The highest BCUT2D eigenvalue weighted by atomic mass is 19.4. The SMILES string of the molecule is CN1C(=O)NC2(CCN(C(=O)c3ccccc3C(F)(F)F)CC2)C1=O. The molecule has 1 aromatic rings. The molecule has 2 aliphatic rings. The molecule has 1 spiro atoms. The molecule has 0 saturated carbocycles. The second-order valence-electron chi connectivity index (χ2n) is 6.21. The van der Waals surface area contributed by atoms with Gasteiger partial charge in [0.25, 0.3) is 11.8 Å². The summed E-state index contributed by atoms with van der Waals surface area (Å²) in [5.74, 6) is -1.10. The number of rotatable bonds is 1. The standard InChI is InChI=1S/C16H16F3N3O3/c1-21-13(24)15(20-14(21)25)6-8-22(9-7-15)12(23)10-4-2-3-5-11(10)16(17,18)19/h2-5H,6-9H2,1H3,(H,20,25). The second-order valence-corrected chi connectivity index (χ2v) is 6.21. The molecule has 9 heteroatoms. The number of nitrogens with one attached hydrogen (secondary N) is 1. The Hall–Kier alpha value is -2.58. The molecule has 2 aliphatic heterocycles. The summed E-state index contributed by atoms with van der Waals surface area (Å²) < 4.78 is 39.3. The van der Waals surface area contributed by atoms with Gasteiger partial charge in [-0.05, 0) is 25.0 Å². The summed E-state index contributed by atoms with van der Waals surface area (Å²) in [6, 6.07) is 4.11. The van der Waals surface area contributed by atoms with E-state index in [1.807, 2.05) is 0 Å². The predicted octanol–water partition coefficient (Wildman–Crippen LogP) is 1.86. The number of nitrogens with zero attached hydrogens (tertiary/aromatic N) is 2. The number of likely N-dealkylation sites (N-methyl/N-ethyl adjacent to an activating group) is 1. The molecule has 2 saturated heterocycles. The average Bonchev–Trinajstić information content (AvgIpc) is 2.78. The van der Waals surface area contributed by atoms with Crippen molar-refractivity contribution in [3.05, 3.63) is 35.4 Å². The lowest BCUT2D eigenvalue weighted by molar-refractivity contribution is -0.138. The van der Waals surface area contributed by atoms with E-state index in [1.165, 1.54) is 24.1 Å². The zero-order chi connectivity index (χ0) is 18.4. The van der Waals surface area contributed by atoms with E-state index in [1.54, 1.807) is 0 Å². The highest BCUT2D eigenvalue weighted by Gasteiger charge is 2.51. The first-order chi connectivity index (χ1) is 11.7. The van der Waals surface area contributed by atoms with E-state index in [9.17, 15) is 27.6 Å². The van der Waals surface area contributed by atoms with Gasteiger partial charge in [-0.1, -0.05) is 12.1 Å². The number of imide groups is 1. The van der Waals surface area contributed by atoms with Crippen LogP contribution in [0.3, 0.4) is 0 Å². The van der Waals surface area contributed by atoms with Gasteiger partial charge in [0.15, 0.2) is 0 Å². The third kappa shape index (κ3) is 2.83. The van der Waals surface area contributed by atoms with Crippen LogP contribution >= 0.6 is 0 Å². The van der Waals surface area contributed by atoms with Gasteiger partial charge in [0.05, 0.1) is 11.1 Å². The molecule has 3 rings (SSSR count).